The zero-order valence-corrected chi connectivity index (χ0v) is 12.2. The van der Waals surface area contributed by atoms with E-state index in [0.717, 1.165) is 6.07 Å². The van der Waals surface area contributed by atoms with Crippen LogP contribution in [0.15, 0.2) is 17.0 Å². The van der Waals surface area contributed by atoms with E-state index in [2.05, 4.69) is 0 Å². The Labute approximate surface area is 121 Å². The van der Waals surface area contributed by atoms with Gasteiger partial charge in [0.25, 0.3) is 5.69 Å². The van der Waals surface area contributed by atoms with E-state index in [-0.39, 0.29) is 10.6 Å². The SMILES string of the molecule is Cc1cc(S(=O)(=O)NCC(O)C(N)=O)cc([N+](=O)[O-])c1C. The van der Waals surface area contributed by atoms with Crippen LogP contribution < -0.4 is 10.5 Å². The number of primary amides is 1. The molecule has 0 radical (unpaired) electrons. The topological polar surface area (TPSA) is 153 Å². The van der Waals surface area contributed by atoms with Crippen molar-refractivity contribution in [1.82, 2.24) is 4.72 Å². The third-order valence-corrected chi connectivity index (χ3v) is 4.32. The molecule has 0 fully saturated rings. The maximum absolute atomic E-state index is 12.0. The normalized spacial score (nSPS) is 12.9. The van der Waals surface area contributed by atoms with E-state index in [4.69, 9.17) is 10.8 Å². The number of amides is 1. The second-order valence-electron chi connectivity index (χ2n) is 4.41. The number of carbonyl (C=O) groups excluding carboxylic acids is 1. The molecule has 1 rings (SSSR count). The quantitative estimate of drug-likeness (QED) is 0.467. The van der Waals surface area contributed by atoms with E-state index < -0.39 is 33.5 Å². The number of nitro groups is 1. The molecule has 10 heteroatoms. The summed E-state index contributed by atoms with van der Waals surface area (Å²) in [6.07, 6.45) is -1.68. The summed E-state index contributed by atoms with van der Waals surface area (Å²) in [5.41, 5.74) is 5.26. The summed E-state index contributed by atoms with van der Waals surface area (Å²) in [4.78, 5) is 20.5. The van der Waals surface area contributed by atoms with Crippen molar-refractivity contribution >= 4 is 21.6 Å². The summed E-state index contributed by atoms with van der Waals surface area (Å²) >= 11 is 0. The van der Waals surface area contributed by atoms with Gasteiger partial charge in [-0.1, -0.05) is 0 Å². The summed E-state index contributed by atoms with van der Waals surface area (Å²) in [5, 5.41) is 20.1. The van der Waals surface area contributed by atoms with Crippen LogP contribution in [0.25, 0.3) is 0 Å². The number of nitrogens with one attached hydrogen (secondary N) is 1. The lowest BCUT2D eigenvalue weighted by Crippen LogP contribution is -2.39. The third kappa shape index (κ3) is 3.97. The van der Waals surface area contributed by atoms with Crippen LogP contribution in [0.3, 0.4) is 0 Å². The minimum Gasteiger partial charge on any atom is -0.382 e. The molecular formula is C11H15N3O6S. The van der Waals surface area contributed by atoms with Crippen molar-refractivity contribution in [3.8, 4) is 0 Å². The van der Waals surface area contributed by atoms with Crippen molar-refractivity contribution in [2.24, 2.45) is 5.73 Å². The molecule has 0 saturated carbocycles. The number of hydrogen-bond acceptors (Lipinski definition) is 6. The van der Waals surface area contributed by atoms with Crippen molar-refractivity contribution in [3.05, 3.63) is 33.4 Å². The van der Waals surface area contributed by atoms with E-state index in [1.54, 1.807) is 6.92 Å². The van der Waals surface area contributed by atoms with E-state index >= 15 is 0 Å². The fourth-order valence-electron chi connectivity index (χ4n) is 1.53. The molecule has 1 atom stereocenters. The highest BCUT2D eigenvalue weighted by atomic mass is 32.2. The van der Waals surface area contributed by atoms with Crippen LogP contribution in [0.2, 0.25) is 0 Å². The Morgan fingerprint density at radius 2 is 2.05 bits per heavy atom. The van der Waals surface area contributed by atoms with Crippen molar-refractivity contribution in [1.29, 1.82) is 0 Å². The Hall–Kier alpha value is -2.04. The first-order valence-electron chi connectivity index (χ1n) is 5.79. The maximum atomic E-state index is 12.0. The molecule has 0 saturated heterocycles. The van der Waals surface area contributed by atoms with Crippen LogP contribution in [0.5, 0.6) is 0 Å². The molecule has 1 aromatic carbocycles. The lowest BCUT2D eigenvalue weighted by atomic mass is 10.1. The molecular weight excluding hydrogens is 302 g/mol. The number of carbonyl (C=O) groups is 1. The van der Waals surface area contributed by atoms with Gasteiger partial charge in [-0.05, 0) is 25.5 Å². The second-order valence-corrected chi connectivity index (χ2v) is 6.18. The molecule has 4 N–H and O–H groups in total. The van der Waals surface area contributed by atoms with E-state index in [0.29, 0.717) is 11.1 Å². The minimum atomic E-state index is -4.11. The van der Waals surface area contributed by atoms with E-state index in [1.807, 2.05) is 4.72 Å². The number of rotatable bonds is 6. The average Bonchev–Trinajstić information content (AvgIpc) is 2.38. The van der Waals surface area contributed by atoms with Gasteiger partial charge in [0.1, 0.15) is 6.10 Å². The maximum Gasteiger partial charge on any atom is 0.273 e. The highest BCUT2D eigenvalue weighted by Crippen LogP contribution is 2.25. The molecule has 0 bridgehead atoms. The first-order valence-corrected chi connectivity index (χ1v) is 7.27. The average molecular weight is 317 g/mol. The molecule has 0 aromatic heterocycles. The van der Waals surface area contributed by atoms with Crippen molar-refractivity contribution < 1.29 is 23.2 Å². The van der Waals surface area contributed by atoms with Gasteiger partial charge in [0, 0.05) is 18.2 Å². The Kier molecular flexibility index (Phi) is 4.99. The zero-order valence-electron chi connectivity index (χ0n) is 11.4. The van der Waals surface area contributed by atoms with Crippen molar-refractivity contribution in [2.45, 2.75) is 24.8 Å². The highest BCUT2D eigenvalue weighted by Gasteiger charge is 2.23. The van der Waals surface area contributed by atoms with Crippen LogP contribution in [0.4, 0.5) is 5.69 Å². The number of nitro benzene ring substituents is 1. The highest BCUT2D eigenvalue weighted by molar-refractivity contribution is 7.89. The molecule has 116 valence electrons. The number of nitrogens with two attached hydrogens (primary N) is 1. The van der Waals surface area contributed by atoms with E-state index in [9.17, 15) is 23.3 Å². The van der Waals surface area contributed by atoms with Gasteiger partial charge < -0.3 is 10.8 Å². The molecule has 0 aliphatic rings. The molecule has 9 nitrogen and oxygen atoms in total. The van der Waals surface area contributed by atoms with Crippen molar-refractivity contribution in [2.75, 3.05) is 6.54 Å². The summed E-state index contributed by atoms with van der Waals surface area (Å²) in [5.74, 6) is -1.08. The van der Waals surface area contributed by atoms with Gasteiger partial charge in [0.15, 0.2) is 0 Å². The number of sulfonamides is 1. The van der Waals surface area contributed by atoms with Gasteiger partial charge in [0.05, 0.1) is 9.82 Å². The number of nitrogens with zero attached hydrogens (tertiary/aromatic N) is 1. The van der Waals surface area contributed by atoms with Crippen LogP contribution in [0, 0.1) is 24.0 Å². The Bertz CT molecular complexity index is 685. The van der Waals surface area contributed by atoms with Gasteiger partial charge in [-0.3, -0.25) is 14.9 Å². The summed E-state index contributed by atoms with van der Waals surface area (Å²) in [6.45, 7) is 2.44. The number of aliphatic hydroxyl groups is 1. The molecule has 0 heterocycles. The summed E-state index contributed by atoms with van der Waals surface area (Å²) in [7, 11) is -4.11. The monoisotopic (exact) mass is 317 g/mol. The smallest absolute Gasteiger partial charge is 0.273 e. The van der Waals surface area contributed by atoms with Crippen LogP contribution in [-0.2, 0) is 14.8 Å². The predicted octanol–water partition coefficient (Wildman–Crippen LogP) is -0.664. The molecule has 21 heavy (non-hydrogen) atoms. The van der Waals surface area contributed by atoms with Gasteiger partial charge in [-0.2, -0.15) is 0 Å². The predicted molar refractivity (Wildman–Crippen MR) is 73.0 cm³/mol. The minimum absolute atomic E-state index is 0.325. The Morgan fingerprint density at radius 3 is 2.52 bits per heavy atom. The second kappa shape index (κ2) is 6.16. The molecule has 0 spiro atoms. The molecule has 1 amide bonds. The summed E-state index contributed by atoms with van der Waals surface area (Å²) < 4.78 is 26.0. The first kappa shape index (κ1) is 17.0. The van der Waals surface area contributed by atoms with Crippen LogP contribution in [-0.4, -0.2) is 37.0 Å². The largest absolute Gasteiger partial charge is 0.382 e. The van der Waals surface area contributed by atoms with Crippen LogP contribution in [0.1, 0.15) is 11.1 Å². The first-order chi connectivity index (χ1) is 9.56. The Morgan fingerprint density at radius 1 is 1.48 bits per heavy atom. The lowest BCUT2D eigenvalue weighted by molar-refractivity contribution is -0.385. The number of aliphatic hydroxyl groups excluding tert-OH is 1. The lowest BCUT2D eigenvalue weighted by Gasteiger charge is -2.11. The molecule has 1 aromatic rings. The van der Waals surface area contributed by atoms with Gasteiger partial charge in [-0.25, -0.2) is 13.1 Å². The third-order valence-electron chi connectivity index (χ3n) is 2.92. The fraction of sp³-hybridized carbons (Fsp3) is 0.364. The van der Waals surface area contributed by atoms with Gasteiger partial charge >= 0.3 is 0 Å². The summed E-state index contributed by atoms with van der Waals surface area (Å²) in [6, 6.07) is 2.18. The van der Waals surface area contributed by atoms with E-state index in [1.165, 1.54) is 13.0 Å². The number of aryl methyl sites for hydroxylation is 1. The standard InChI is InChI=1S/C11H15N3O6S/c1-6-3-8(4-9(7(6)2)14(17)18)21(19,20)13-5-10(15)11(12)16/h3-4,10,13,15H,5H2,1-2H3,(H2,12,16). The van der Waals surface area contributed by atoms with Crippen LogP contribution >= 0.6 is 0 Å². The number of hydrogen-bond donors (Lipinski definition) is 3. The number of benzene rings is 1. The fourth-order valence-corrected chi connectivity index (χ4v) is 2.67. The van der Waals surface area contributed by atoms with Crippen molar-refractivity contribution in [3.63, 3.8) is 0 Å². The molecule has 0 aliphatic heterocycles. The van der Waals surface area contributed by atoms with Gasteiger partial charge in [0.2, 0.25) is 15.9 Å². The molecule has 0 aliphatic carbocycles. The van der Waals surface area contributed by atoms with Gasteiger partial charge in [-0.15, -0.1) is 0 Å². The molecule has 1 unspecified atom stereocenters. The zero-order chi connectivity index (χ0) is 16.4. The Balaban J connectivity index is 3.15.